The van der Waals surface area contributed by atoms with Crippen LogP contribution in [-0.2, 0) is 17.8 Å². The van der Waals surface area contributed by atoms with Crippen LogP contribution in [0.1, 0.15) is 23.6 Å². The first-order valence-electron chi connectivity index (χ1n) is 5.64. The lowest BCUT2D eigenvalue weighted by Crippen LogP contribution is -2.42. The van der Waals surface area contributed by atoms with E-state index in [0.717, 1.165) is 19.5 Å². The highest BCUT2D eigenvalue weighted by Crippen LogP contribution is 2.23. The van der Waals surface area contributed by atoms with Crippen molar-refractivity contribution in [3.05, 3.63) is 34.9 Å². The van der Waals surface area contributed by atoms with Crippen molar-refractivity contribution >= 4 is 5.97 Å². The number of hydrogen-bond donors (Lipinski definition) is 1. The summed E-state index contributed by atoms with van der Waals surface area (Å²) in [5, 5.41) is 9.01. The van der Waals surface area contributed by atoms with Gasteiger partial charge < -0.3 is 5.11 Å². The highest BCUT2D eigenvalue weighted by atomic mass is 16.4. The zero-order valence-electron chi connectivity index (χ0n) is 9.73. The molecular formula is C13H17NO2. The second kappa shape index (κ2) is 4.26. The molecule has 1 aliphatic heterocycles. The van der Waals surface area contributed by atoms with E-state index >= 15 is 0 Å². The average Bonchev–Trinajstić information content (AvgIpc) is 2.28. The van der Waals surface area contributed by atoms with Crippen molar-refractivity contribution in [3.63, 3.8) is 0 Å². The summed E-state index contributed by atoms with van der Waals surface area (Å²) in [6, 6.07) is 5.91. The largest absolute Gasteiger partial charge is 0.480 e. The lowest BCUT2D eigenvalue weighted by molar-refractivity contribution is -0.143. The van der Waals surface area contributed by atoms with E-state index in [9.17, 15) is 4.79 Å². The minimum Gasteiger partial charge on any atom is -0.480 e. The Bertz CT molecular complexity index is 414. The molecule has 1 N–H and O–H groups in total. The molecule has 0 saturated carbocycles. The van der Waals surface area contributed by atoms with E-state index in [1.165, 1.54) is 16.7 Å². The van der Waals surface area contributed by atoms with Gasteiger partial charge in [-0.2, -0.15) is 0 Å². The van der Waals surface area contributed by atoms with Crippen LogP contribution in [-0.4, -0.2) is 28.6 Å². The Hall–Kier alpha value is -1.35. The molecule has 0 spiro atoms. The van der Waals surface area contributed by atoms with Crippen LogP contribution in [0.2, 0.25) is 0 Å². The number of aryl methyl sites for hydroxylation is 1. The minimum atomic E-state index is -0.739. The van der Waals surface area contributed by atoms with Crippen molar-refractivity contribution in [2.45, 2.75) is 32.9 Å². The second-order valence-electron chi connectivity index (χ2n) is 4.45. The van der Waals surface area contributed by atoms with Crippen molar-refractivity contribution in [1.82, 2.24) is 4.90 Å². The van der Waals surface area contributed by atoms with Gasteiger partial charge in [-0.25, -0.2) is 0 Å². The first-order chi connectivity index (χ1) is 7.59. The van der Waals surface area contributed by atoms with Gasteiger partial charge in [-0.05, 0) is 37.0 Å². The van der Waals surface area contributed by atoms with Gasteiger partial charge in [-0.15, -0.1) is 0 Å². The van der Waals surface area contributed by atoms with E-state index in [2.05, 4.69) is 25.1 Å². The highest BCUT2D eigenvalue weighted by molar-refractivity contribution is 5.73. The van der Waals surface area contributed by atoms with Crippen LogP contribution in [0.3, 0.4) is 0 Å². The Balaban J connectivity index is 2.23. The fourth-order valence-electron chi connectivity index (χ4n) is 2.26. The minimum absolute atomic E-state index is 0.396. The smallest absolute Gasteiger partial charge is 0.320 e. The molecule has 16 heavy (non-hydrogen) atoms. The van der Waals surface area contributed by atoms with Gasteiger partial charge in [0.2, 0.25) is 0 Å². The number of aliphatic carboxylic acids is 1. The van der Waals surface area contributed by atoms with Gasteiger partial charge in [0.25, 0.3) is 0 Å². The molecule has 1 unspecified atom stereocenters. The van der Waals surface area contributed by atoms with Crippen LogP contribution >= 0.6 is 0 Å². The molecule has 0 radical (unpaired) electrons. The summed E-state index contributed by atoms with van der Waals surface area (Å²) in [7, 11) is 0. The SMILES string of the molecule is Cc1cccc2c1CN(C(C)C(=O)O)CC2. The maximum atomic E-state index is 11.0. The lowest BCUT2D eigenvalue weighted by atomic mass is 9.95. The van der Waals surface area contributed by atoms with Crippen LogP contribution in [0.25, 0.3) is 0 Å². The van der Waals surface area contributed by atoms with Gasteiger partial charge in [0.1, 0.15) is 6.04 Å². The summed E-state index contributed by atoms with van der Waals surface area (Å²) in [4.78, 5) is 13.0. The third-order valence-corrected chi connectivity index (χ3v) is 3.44. The van der Waals surface area contributed by atoms with Crippen LogP contribution in [0.4, 0.5) is 0 Å². The van der Waals surface area contributed by atoms with Crippen LogP contribution in [0, 0.1) is 6.92 Å². The van der Waals surface area contributed by atoms with Gasteiger partial charge in [0.15, 0.2) is 0 Å². The summed E-state index contributed by atoms with van der Waals surface area (Å²) in [5.74, 6) is -0.739. The third kappa shape index (κ3) is 1.95. The predicted octanol–water partition coefficient (Wildman–Crippen LogP) is 1.83. The van der Waals surface area contributed by atoms with E-state index in [4.69, 9.17) is 5.11 Å². The Labute approximate surface area is 95.7 Å². The summed E-state index contributed by atoms with van der Waals surface area (Å²) in [5.41, 5.74) is 3.94. The van der Waals surface area contributed by atoms with E-state index in [-0.39, 0.29) is 0 Å². The fourth-order valence-corrected chi connectivity index (χ4v) is 2.26. The van der Waals surface area contributed by atoms with Crippen molar-refractivity contribution in [3.8, 4) is 0 Å². The van der Waals surface area contributed by atoms with Crippen molar-refractivity contribution in [2.75, 3.05) is 6.54 Å². The van der Waals surface area contributed by atoms with Crippen molar-refractivity contribution < 1.29 is 9.90 Å². The normalized spacial score (nSPS) is 17.9. The van der Waals surface area contributed by atoms with Gasteiger partial charge in [-0.3, -0.25) is 9.69 Å². The molecule has 3 heteroatoms. The molecule has 3 nitrogen and oxygen atoms in total. The van der Waals surface area contributed by atoms with Crippen LogP contribution < -0.4 is 0 Å². The maximum absolute atomic E-state index is 11.0. The average molecular weight is 219 g/mol. The number of carboxylic acids is 1. The van der Waals surface area contributed by atoms with Gasteiger partial charge in [0.05, 0.1) is 0 Å². The topological polar surface area (TPSA) is 40.5 Å². The molecule has 86 valence electrons. The summed E-state index contributed by atoms with van der Waals surface area (Å²) in [6.45, 7) is 5.44. The Kier molecular flexibility index (Phi) is 2.97. The molecule has 0 aromatic heterocycles. The molecule has 0 aliphatic carbocycles. The molecule has 0 amide bonds. The van der Waals surface area contributed by atoms with E-state index in [0.29, 0.717) is 0 Å². The Morgan fingerprint density at radius 2 is 2.25 bits per heavy atom. The number of hydrogen-bond acceptors (Lipinski definition) is 2. The highest BCUT2D eigenvalue weighted by Gasteiger charge is 2.25. The van der Waals surface area contributed by atoms with Gasteiger partial charge in [-0.1, -0.05) is 18.2 Å². The monoisotopic (exact) mass is 219 g/mol. The van der Waals surface area contributed by atoms with Crippen molar-refractivity contribution in [2.24, 2.45) is 0 Å². The summed E-state index contributed by atoms with van der Waals surface area (Å²) in [6.07, 6.45) is 0.953. The molecule has 0 fully saturated rings. The summed E-state index contributed by atoms with van der Waals surface area (Å²) >= 11 is 0. The molecule has 0 bridgehead atoms. The second-order valence-corrected chi connectivity index (χ2v) is 4.45. The molecule has 1 atom stereocenters. The molecule has 1 aromatic rings. The lowest BCUT2D eigenvalue weighted by Gasteiger charge is -2.32. The number of nitrogens with zero attached hydrogens (tertiary/aromatic N) is 1. The molecule has 1 heterocycles. The first-order valence-corrected chi connectivity index (χ1v) is 5.64. The predicted molar refractivity (Wildman–Crippen MR) is 62.4 cm³/mol. The number of carbonyl (C=O) groups is 1. The quantitative estimate of drug-likeness (QED) is 0.825. The number of carboxylic acid groups (broad SMARTS) is 1. The first kappa shape index (κ1) is 11.1. The molecule has 2 rings (SSSR count). The summed E-state index contributed by atoms with van der Waals surface area (Å²) < 4.78 is 0. The maximum Gasteiger partial charge on any atom is 0.320 e. The number of benzene rings is 1. The molecule has 0 saturated heterocycles. The Morgan fingerprint density at radius 1 is 1.50 bits per heavy atom. The molecular weight excluding hydrogens is 202 g/mol. The number of rotatable bonds is 2. The van der Waals surface area contributed by atoms with Crippen LogP contribution in [0.5, 0.6) is 0 Å². The molecule has 1 aliphatic rings. The molecule has 1 aromatic carbocycles. The third-order valence-electron chi connectivity index (χ3n) is 3.44. The fraction of sp³-hybridized carbons (Fsp3) is 0.462. The van der Waals surface area contributed by atoms with E-state index in [1.807, 2.05) is 4.90 Å². The van der Waals surface area contributed by atoms with Gasteiger partial charge >= 0.3 is 5.97 Å². The zero-order chi connectivity index (χ0) is 11.7. The van der Waals surface area contributed by atoms with E-state index in [1.54, 1.807) is 6.92 Å². The van der Waals surface area contributed by atoms with Gasteiger partial charge in [0, 0.05) is 13.1 Å². The van der Waals surface area contributed by atoms with E-state index < -0.39 is 12.0 Å². The van der Waals surface area contributed by atoms with Crippen LogP contribution in [0.15, 0.2) is 18.2 Å². The number of fused-ring (bicyclic) bond motifs is 1. The standard InChI is InChI=1S/C13H17NO2/c1-9-4-3-5-11-6-7-14(8-12(9)11)10(2)13(15)16/h3-5,10H,6-8H2,1-2H3,(H,15,16). The zero-order valence-corrected chi connectivity index (χ0v) is 9.73. The van der Waals surface area contributed by atoms with Crippen molar-refractivity contribution in [1.29, 1.82) is 0 Å². The Morgan fingerprint density at radius 3 is 2.94 bits per heavy atom.